The molecule has 0 saturated heterocycles. The van der Waals surface area contributed by atoms with Gasteiger partial charge in [0.2, 0.25) is 0 Å². The number of rotatable bonds is 10. The van der Waals surface area contributed by atoms with E-state index >= 15 is 0 Å². The number of allylic oxidation sites excluding steroid dienone is 5. The highest BCUT2D eigenvalue weighted by Crippen LogP contribution is 2.27. The second kappa shape index (κ2) is 12.2. The number of benzene rings is 1. The SMILES string of the molecule is C=CCN(CC(=C=O)N(C)C1CC=C(/C=C\C=C/C)CC1)c1cc(C2=NCC(C)=N2)ccc1C. The van der Waals surface area contributed by atoms with E-state index in [-0.39, 0.29) is 0 Å². The van der Waals surface area contributed by atoms with Gasteiger partial charge in [-0.05, 0) is 51.7 Å². The lowest BCUT2D eigenvalue weighted by Gasteiger charge is -2.35. The van der Waals surface area contributed by atoms with Crippen LogP contribution in [0.25, 0.3) is 0 Å². The molecule has 1 aliphatic heterocycles. The molecule has 1 atom stereocenters. The highest BCUT2D eigenvalue weighted by atomic mass is 16.1. The quantitative estimate of drug-likeness (QED) is 0.267. The Kier molecular flexibility index (Phi) is 9.00. The van der Waals surface area contributed by atoms with Crippen molar-refractivity contribution in [2.24, 2.45) is 9.98 Å². The lowest BCUT2D eigenvalue weighted by Crippen LogP contribution is -2.38. The van der Waals surface area contributed by atoms with Crippen LogP contribution >= 0.6 is 0 Å². The summed E-state index contributed by atoms with van der Waals surface area (Å²) >= 11 is 0. The molecule has 0 spiro atoms. The Balaban J connectivity index is 1.77. The molecule has 3 rings (SSSR count). The minimum absolute atomic E-state index is 0.290. The molecule has 0 radical (unpaired) electrons. The maximum absolute atomic E-state index is 12.1. The Morgan fingerprint density at radius 1 is 1.29 bits per heavy atom. The van der Waals surface area contributed by atoms with Crippen LogP contribution in [0.4, 0.5) is 5.69 Å². The van der Waals surface area contributed by atoms with Crippen molar-refractivity contribution in [3.05, 3.63) is 83.6 Å². The Bertz CT molecular complexity index is 1100. The van der Waals surface area contributed by atoms with E-state index in [0.29, 0.717) is 31.4 Å². The molecule has 2 aliphatic rings. The molecule has 0 fully saturated rings. The van der Waals surface area contributed by atoms with Crippen molar-refractivity contribution in [3.8, 4) is 0 Å². The van der Waals surface area contributed by atoms with E-state index in [1.807, 2.05) is 39.1 Å². The van der Waals surface area contributed by atoms with Gasteiger partial charge in [0.05, 0.1) is 13.1 Å². The fourth-order valence-electron chi connectivity index (χ4n) is 4.34. The minimum Gasteiger partial charge on any atom is -0.364 e. The van der Waals surface area contributed by atoms with Crippen LogP contribution in [-0.4, -0.2) is 55.1 Å². The van der Waals surface area contributed by atoms with Crippen molar-refractivity contribution in [3.63, 3.8) is 0 Å². The fraction of sp³-hybridized carbons (Fsp3) is 0.379. The predicted octanol–water partition coefficient (Wildman–Crippen LogP) is 5.47. The van der Waals surface area contributed by atoms with Gasteiger partial charge in [-0.2, -0.15) is 0 Å². The molecule has 0 bridgehead atoms. The maximum Gasteiger partial charge on any atom is 0.154 e. The molecular weight excluding hydrogens is 420 g/mol. The molecule has 0 N–H and O–H groups in total. The van der Waals surface area contributed by atoms with E-state index in [9.17, 15) is 4.79 Å². The molecular formula is C29H36N4O. The highest BCUT2D eigenvalue weighted by molar-refractivity contribution is 6.11. The Labute approximate surface area is 204 Å². The molecule has 0 saturated carbocycles. The fourth-order valence-corrected chi connectivity index (χ4v) is 4.34. The smallest absolute Gasteiger partial charge is 0.154 e. The first-order chi connectivity index (χ1) is 16.5. The summed E-state index contributed by atoms with van der Waals surface area (Å²) in [4.78, 5) is 25.5. The molecule has 5 heteroatoms. The number of hydrogen-bond acceptors (Lipinski definition) is 5. The molecule has 0 aromatic heterocycles. The Morgan fingerprint density at radius 3 is 2.74 bits per heavy atom. The third-order valence-corrected chi connectivity index (χ3v) is 6.38. The summed E-state index contributed by atoms with van der Waals surface area (Å²) in [6.07, 6.45) is 15.4. The first-order valence-corrected chi connectivity index (χ1v) is 12.0. The Morgan fingerprint density at radius 2 is 2.12 bits per heavy atom. The zero-order valence-corrected chi connectivity index (χ0v) is 20.9. The largest absolute Gasteiger partial charge is 0.364 e. The molecule has 1 unspecified atom stereocenters. The van der Waals surface area contributed by atoms with E-state index in [2.05, 4.69) is 75.7 Å². The lowest BCUT2D eigenvalue weighted by molar-refractivity contribution is 0.280. The summed E-state index contributed by atoms with van der Waals surface area (Å²) in [5, 5.41) is 0. The van der Waals surface area contributed by atoms with Gasteiger partial charge in [0.25, 0.3) is 0 Å². The maximum atomic E-state index is 12.1. The van der Waals surface area contributed by atoms with Crippen molar-refractivity contribution in [1.82, 2.24) is 4.90 Å². The number of hydrogen-bond donors (Lipinski definition) is 0. The van der Waals surface area contributed by atoms with Crippen molar-refractivity contribution < 1.29 is 4.79 Å². The molecule has 1 heterocycles. The number of likely N-dealkylation sites (N-methyl/N-ethyl adjacent to an activating group) is 1. The lowest BCUT2D eigenvalue weighted by atomic mass is 9.93. The van der Waals surface area contributed by atoms with Crippen molar-refractivity contribution in [1.29, 1.82) is 0 Å². The summed E-state index contributed by atoms with van der Waals surface area (Å²) in [7, 11) is 2.01. The van der Waals surface area contributed by atoms with Crippen LogP contribution < -0.4 is 4.90 Å². The molecule has 5 nitrogen and oxygen atoms in total. The van der Waals surface area contributed by atoms with Crippen LogP contribution in [0.5, 0.6) is 0 Å². The highest BCUT2D eigenvalue weighted by Gasteiger charge is 2.23. The first-order valence-electron chi connectivity index (χ1n) is 12.0. The monoisotopic (exact) mass is 456 g/mol. The van der Waals surface area contributed by atoms with Gasteiger partial charge < -0.3 is 9.80 Å². The normalized spacial score (nSPS) is 17.9. The van der Waals surface area contributed by atoms with Gasteiger partial charge in [0.1, 0.15) is 11.6 Å². The van der Waals surface area contributed by atoms with Gasteiger partial charge in [-0.1, -0.05) is 54.2 Å². The van der Waals surface area contributed by atoms with E-state index in [1.165, 1.54) is 5.57 Å². The van der Waals surface area contributed by atoms with Gasteiger partial charge in [-0.15, -0.1) is 6.58 Å². The van der Waals surface area contributed by atoms with Gasteiger partial charge in [0.15, 0.2) is 5.84 Å². The molecule has 0 amide bonds. The van der Waals surface area contributed by atoms with Gasteiger partial charge in [0, 0.05) is 36.6 Å². The summed E-state index contributed by atoms with van der Waals surface area (Å²) in [6.45, 7) is 11.8. The van der Waals surface area contributed by atoms with Crippen molar-refractivity contribution in [2.75, 3.05) is 31.6 Å². The Hall–Kier alpha value is -3.43. The summed E-state index contributed by atoms with van der Waals surface area (Å²) in [6, 6.07) is 6.56. The van der Waals surface area contributed by atoms with E-state index < -0.39 is 0 Å². The van der Waals surface area contributed by atoms with Gasteiger partial charge >= 0.3 is 0 Å². The van der Waals surface area contributed by atoms with Crippen LogP contribution in [0.1, 0.15) is 44.2 Å². The van der Waals surface area contributed by atoms with Crippen LogP contribution in [-0.2, 0) is 4.79 Å². The van der Waals surface area contributed by atoms with E-state index in [4.69, 9.17) is 0 Å². The van der Waals surface area contributed by atoms with Crippen LogP contribution in [0.3, 0.4) is 0 Å². The van der Waals surface area contributed by atoms with Crippen molar-refractivity contribution in [2.45, 2.75) is 46.1 Å². The second-order valence-corrected chi connectivity index (χ2v) is 8.91. The number of carbonyl (C=O) groups excluding carboxylic acids is 1. The zero-order chi connectivity index (χ0) is 24.5. The number of amidine groups is 1. The average Bonchev–Trinajstić information content (AvgIpc) is 3.28. The van der Waals surface area contributed by atoms with E-state index in [0.717, 1.165) is 47.6 Å². The number of aliphatic imine (C=N–C) groups is 2. The number of anilines is 1. The summed E-state index contributed by atoms with van der Waals surface area (Å²) in [5.41, 5.74) is 6.22. The molecule has 34 heavy (non-hydrogen) atoms. The number of nitrogens with zero attached hydrogens (tertiary/aromatic N) is 4. The average molecular weight is 457 g/mol. The minimum atomic E-state index is 0.290. The summed E-state index contributed by atoms with van der Waals surface area (Å²) in [5.74, 6) is 3.01. The van der Waals surface area contributed by atoms with Crippen LogP contribution in [0.2, 0.25) is 0 Å². The molecule has 1 aliphatic carbocycles. The van der Waals surface area contributed by atoms with Gasteiger partial charge in [-0.3, -0.25) is 4.99 Å². The van der Waals surface area contributed by atoms with E-state index in [1.54, 1.807) is 0 Å². The molecule has 178 valence electrons. The number of aryl methyl sites for hydroxylation is 1. The van der Waals surface area contributed by atoms with Crippen molar-refractivity contribution >= 4 is 23.2 Å². The second-order valence-electron chi connectivity index (χ2n) is 8.91. The standard InChI is InChI=1S/C29H36N4O/c1-6-8-9-10-24-12-15-26(16-13-24)32(5)27(21-34)20-33(17-7-2)28-18-25(14-11-22(28)3)29-30-19-23(4)31-29/h6-12,14,18,26H,2,13,15-17,19-20H2,1,3-5H3/b8-6-,10-9-. The van der Waals surface area contributed by atoms with Crippen LogP contribution in [0, 0.1) is 6.92 Å². The third-order valence-electron chi connectivity index (χ3n) is 6.38. The first kappa shape index (κ1) is 25.2. The topological polar surface area (TPSA) is 48.3 Å². The third kappa shape index (κ3) is 6.33. The predicted molar refractivity (Wildman–Crippen MR) is 145 cm³/mol. The zero-order valence-electron chi connectivity index (χ0n) is 20.9. The van der Waals surface area contributed by atoms with Crippen LogP contribution in [0.15, 0.2) is 82.5 Å². The van der Waals surface area contributed by atoms with Gasteiger partial charge in [-0.25, -0.2) is 9.79 Å². The molecule has 1 aromatic carbocycles. The molecule has 1 aromatic rings. The summed E-state index contributed by atoms with van der Waals surface area (Å²) < 4.78 is 0.